The molecule has 0 aromatic heterocycles. The van der Waals surface area contributed by atoms with Crippen LogP contribution in [0.15, 0.2) is 0 Å². The maximum absolute atomic E-state index is 12.8. The largest absolute Gasteiger partial charge is 0.462 e. The maximum Gasteiger partial charge on any atom is 0.306 e. The molecule has 0 aliphatic rings. The summed E-state index contributed by atoms with van der Waals surface area (Å²) in [6.07, 6.45) is 40.8. The Balaban J connectivity index is 4.33. The third-order valence-corrected chi connectivity index (χ3v) is 11.8. The lowest BCUT2D eigenvalue weighted by atomic mass is 9.99. The molecule has 0 saturated heterocycles. The molecule has 6 heteroatoms. The second kappa shape index (κ2) is 42.5. The van der Waals surface area contributed by atoms with Crippen LogP contribution >= 0.6 is 0 Å². The standard InChI is InChI=1S/C51H98O6/c1-7-47(6)39-33-27-21-14-11-12-15-22-28-34-40-49(52)55-43-48(44-56-50(53)41-35-29-23-18-17-20-26-32-38-46(4)5)57-51(54)42-36-30-24-16-10-8-9-13-19-25-31-37-45(2)3/h45-48H,7-44H2,1-6H3/t47?,48-/m1/s1. The monoisotopic (exact) mass is 807 g/mol. The summed E-state index contributed by atoms with van der Waals surface area (Å²) in [5.74, 6) is 1.63. The molecule has 0 amide bonds. The topological polar surface area (TPSA) is 78.9 Å². The number of carbonyl (C=O) groups is 3. The van der Waals surface area contributed by atoms with Crippen molar-refractivity contribution in [1.29, 1.82) is 0 Å². The van der Waals surface area contributed by atoms with Gasteiger partial charge in [-0.15, -0.1) is 0 Å². The summed E-state index contributed by atoms with van der Waals surface area (Å²) < 4.78 is 16.8. The number of esters is 3. The van der Waals surface area contributed by atoms with Gasteiger partial charge in [-0.1, -0.05) is 234 Å². The van der Waals surface area contributed by atoms with Crippen molar-refractivity contribution in [1.82, 2.24) is 0 Å². The zero-order chi connectivity index (χ0) is 42.0. The lowest BCUT2D eigenvalue weighted by molar-refractivity contribution is -0.167. The van der Waals surface area contributed by atoms with E-state index in [0.717, 1.165) is 75.5 Å². The fraction of sp³-hybridized carbons (Fsp3) is 0.941. The van der Waals surface area contributed by atoms with Crippen molar-refractivity contribution in [3.05, 3.63) is 0 Å². The lowest BCUT2D eigenvalue weighted by Gasteiger charge is -2.18. The van der Waals surface area contributed by atoms with E-state index >= 15 is 0 Å². The normalized spacial score (nSPS) is 12.6. The number of carbonyl (C=O) groups excluding carboxylic acids is 3. The molecule has 0 bridgehead atoms. The Bertz CT molecular complexity index is 885. The Morgan fingerprint density at radius 2 is 0.614 bits per heavy atom. The first kappa shape index (κ1) is 55.4. The maximum atomic E-state index is 12.8. The first-order valence-electron chi connectivity index (χ1n) is 25.1. The molecule has 1 unspecified atom stereocenters. The van der Waals surface area contributed by atoms with Gasteiger partial charge in [-0.3, -0.25) is 14.4 Å². The smallest absolute Gasteiger partial charge is 0.306 e. The predicted octanol–water partition coefficient (Wildman–Crippen LogP) is 16.0. The minimum atomic E-state index is -0.762. The van der Waals surface area contributed by atoms with Gasteiger partial charge in [-0.2, -0.15) is 0 Å². The average Bonchev–Trinajstić information content (AvgIpc) is 3.18. The van der Waals surface area contributed by atoms with Crippen molar-refractivity contribution in [2.75, 3.05) is 13.2 Å². The van der Waals surface area contributed by atoms with Crippen LogP contribution in [0.25, 0.3) is 0 Å². The first-order valence-corrected chi connectivity index (χ1v) is 25.1. The Morgan fingerprint density at radius 1 is 0.351 bits per heavy atom. The van der Waals surface area contributed by atoms with Gasteiger partial charge in [0.15, 0.2) is 6.10 Å². The van der Waals surface area contributed by atoms with Crippen LogP contribution in [-0.4, -0.2) is 37.2 Å². The van der Waals surface area contributed by atoms with Gasteiger partial charge in [0.2, 0.25) is 0 Å². The number of hydrogen-bond donors (Lipinski definition) is 0. The summed E-state index contributed by atoms with van der Waals surface area (Å²) in [5.41, 5.74) is 0. The van der Waals surface area contributed by atoms with Crippen LogP contribution in [0.2, 0.25) is 0 Å². The summed E-state index contributed by atoms with van der Waals surface area (Å²) in [7, 11) is 0. The molecule has 0 radical (unpaired) electrons. The molecule has 2 atom stereocenters. The molecular weight excluding hydrogens is 709 g/mol. The molecule has 0 aromatic carbocycles. The second-order valence-electron chi connectivity index (χ2n) is 18.6. The number of rotatable bonds is 44. The molecule has 0 fully saturated rings. The summed E-state index contributed by atoms with van der Waals surface area (Å²) in [4.78, 5) is 37.9. The van der Waals surface area contributed by atoms with Gasteiger partial charge in [0.05, 0.1) is 0 Å². The van der Waals surface area contributed by atoms with E-state index in [1.54, 1.807) is 0 Å². The van der Waals surface area contributed by atoms with Gasteiger partial charge in [-0.05, 0) is 37.0 Å². The number of ether oxygens (including phenoxy) is 3. The Kier molecular flexibility index (Phi) is 41.3. The van der Waals surface area contributed by atoms with E-state index in [9.17, 15) is 14.4 Å². The fourth-order valence-electron chi connectivity index (χ4n) is 7.55. The Labute approximate surface area is 355 Å². The van der Waals surface area contributed by atoms with Crippen LogP contribution < -0.4 is 0 Å². The molecule has 0 aliphatic carbocycles. The molecule has 0 N–H and O–H groups in total. The minimum Gasteiger partial charge on any atom is -0.462 e. The Morgan fingerprint density at radius 3 is 0.912 bits per heavy atom. The molecule has 0 aromatic rings. The van der Waals surface area contributed by atoms with Crippen molar-refractivity contribution in [2.45, 2.75) is 279 Å². The van der Waals surface area contributed by atoms with Gasteiger partial charge in [0.25, 0.3) is 0 Å². The van der Waals surface area contributed by atoms with Crippen molar-refractivity contribution in [3.8, 4) is 0 Å². The average molecular weight is 807 g/mol. The third kappa shape index (κ3) is 43.8. The lowest BCUT2D eigenvalue weighted by Crippen LogP contribution is -2.30. The molecular formula is C51H98O6. The number of hydrogen-bond acceptors (Lipinski definition) is 6. The van der Waals surface area contributed by atoms with Crippen LogP contribution in [0.3, 0.4) is 0 Å². The van der Waals surface area contributed by atoms with Crippen LogP contribution in [0, 0.1) is 17.8 Å². The zero-order valence-corrected chi connectivity index (χ0v) is 39.1. The number of unbranched alkanes of at least 4 members (excludes halogenated alkanes) is 26. The first-order chi connectivity index (χ1) is 27.6. The van der Waals surface area contributed by atoms with Crippen LogP contribution in [0.1, 0.15) is 273 Å². The fourth-order valence-corrected chi connectivity index (χ4v) is 7.55. The van der Waals surface area contributed by atoms with Crippen molar-refractivity contribution >= 4 is 17.9 Å². The van der Waals surface area contributed by atoms with Crippen molar-refractivity contribution < 1.29 is 28.6 Å². The molecule has 0 heterocycles. The van der Waals surface area contributed by atoms with E-state index in [1.165, 1.54) is 154 Å². The molecule has 57 heavy (non-hydrogen) atoms. The predicted molar refractivity (Wildman–Crippen MR) is 243 cm³/mol. The molecule has 0 rings (SSSR count). The summed E-state index contributed by atoms with van der Waals surface area (Å²) in [6.45, 7) is 13.7. The molecule has 0 spiro atoms. The highest BCUT2D eigenvalue weighted by atomic mass is 16.6. The highest BCUT2D eigenvalue weighted by Gasteiger charge is 2.19. The summed E-state index contributed by atoms with van der Waals surface area (Å²) in [5, 5.41) is 0. The molecule has 338 valence electrons. The van der Waals surface area contributed by atoms with E-state index in [0.29, 0.717) is 19.3 Å². The van der Waals surface area contributed by atoms with Gasteiger partial charge < -0.3 is 14.2 Å². The van der Waals surface area contributed by atoms with Crippen LogP contribution in [-0.2, 0) is 28.6 Å². The van der Waals surface area contributed by atoms with Crippen molar-refractivity contribution in [3.63, 3.8) is 0 Å². The van der Waals surface area contributed by atoms with Gasteiger partial charge in [0.1, 0.15) is 13.2 Å². The van der Waals surface area contributed by atoms with E-state index in [-0.39, 0.29) is 31.1 Å². The molecule has 0 aliphatic heterocycles. The SMILES string of the molecule is CCC(C)CCCCCCCCCCCCC(=O)OC[C@H](COC(=O)CCCCCCCCCCC(C)C)OC(=O)CCCCCCCCCCCCCC(C)C. The van der Waals surface area contributed by atoms with Gasteiger partial charge in [0, 0.05) is 19.3 Å². The minimum absolute atomic E-state index is 0.0654. The highest BCUT2D eigenvalue weighted by Crippen LogP contribution is 2.18. The second-order valence-corrected chi connectivity index (χ2v) is 18.6. The van der Waals surface area contributed by atoms with Gasteiger partial charge in [-0.25, -0.2) is 0 Å². The highest BCUT2D eigenvalue weighted by molar-refractivity contribution is 5.71. The van der Waals surface area contributed by atoms with E-state index in [1.807, 2.05) is 0 Å². The van der Waals surface area contributed by atoms with Crippen LogP contribution in [0.4, 0.5) is 0 Å². The zero-order valence-electron chi connectivity index (χ0n) is 39.1. The Hall–Kier alpha value is -1.59. The molecule has 6 nitrogen and oxygen atoms in total. The quantitative estimate of drug-likeness (QED) is 0.0347. The van der Waals surface area contributed by atoms with Crippen LogP contribution in [0.5, 0.6) is 0 Å². The summed E-state index contributed by atoms with van der Waals surface area (Å²) >= 11 is 0. The van der Waals surface area contributed by atoms with Gasteiger partial charge >= 0.3 is 17.9 Å². The van der Waals surface area contributed by atoms with E-state index in [4.69, 9.17) is 14.2 Å². The summed E-state index contributed by atoms with van der Waals surface area (Å²) in [6, 6.07) is 0. The van der Waals surface area contributed by atoms with E-state index < -0.39 is 6.10 Å². The third-order valence-electron chi connectivity index (χ3n) is 11.8. The molecule has 0 saturated carbocycles. The van der Waals surface area contributed by atoms with E-state index in [2.05, 4.69) is 41.5 Å². The van der Waals surface area contributed by atoms with Crippen molar-refractivity contribution in [2.24, 2.45) is 17.8 Å².